The van der Waals surface area contributed by atoms with Gasteiger partial charge in [0.2, 0.25) is 11.8 Å². The number of amides is 1. The van der Waals surface area contributed by atoms with Crippen molar-refractivity contribution < 1.29 is 18.7 Å². The zero-order chi connectivity index (χ0) is 30.2. The molecule has 13 heteroatoms. The molecule has 0 radical (unpaired) electrons. The minimum Gasteiger partial charge on any atom is -0.476 e. The fourth-order valence-electron chi connectivity index (χ4n) is 7.76. The molecule has 1 saturated carbocycles. The van der Waals surface area contributed by atoms with Gasteiger partial charge in [-0.2, -0.15) is 5.10 Å². The smallest absolute Gasteiger partial charge is 0.259 e. The highest BCUT2D eigenvalue weighted by Crippen LogP contribution is 2.48. The molecule has 3 atom stereocenters. The summed E-state index contributed by atoms with van der Waals surface area (Å²) >= 11 is 0. The van der Waals surface area contributed by atoms with Crippen LogP contribution in [-0.4, -0.2) is 87.3 Å². The first-order chi connectivity index (χ1) is 21.3. The molecule has 2 saturated heterocycles. The zero-order valence-electron chi connectivity index (χ0n) is 24.9. The number of carbonyl (C=O) groups is 1. The van der Waals surface area contributed by atoms with Gasteiger partial charge in [-0.15, -0.1) is 0 Å². The molecule has 4 aromatic rings. The largest absolute Gasteiger partial charge is 0.476 e. The predicted octanol–water partition coefficient (Wildman–Crippen LogP) is 2.57. The summed E-state index contributed by atoms with van der Waals surface area (Å²) in [5.41, 5.74) is 2.35. The summed E-state index contributed by atoms with van der Waals surface area (Å²) in [5, 5.41) is 7.43. The lowest BCUT2D eigenvalue weighted by Crippen LogP contribution is -2.50. The number of hydrogen-bond donors (Lipinski definition) is 1. The Morgan fingerprint density at radius 2 is 1.91 bits per heavy atom. The molecule has 230 valence electrons. The van der Waals surface area contributed by atoms with Gasteiger partial charge in [-0.25, -0.2) is 14.1 Å². The fraction of sp³-hybridized carbons (Fsp3) is 0.484. The minimum absolute atomic E-state index is 0.266. The van der Waals surface area contributed by atoms with E-state index in [0.29, 0.717) is 79.5 Å². The number of benzene rings is 1. The summed E-state index contributed by atoms with van der Waals surface area (Å²) in [5.74, 6) is 0.592. The second kappa shape index (κ2) is 10.2. The summed E-state index contributed by atoms with van der Waals surface area (Å²) in [6.07, 6.45) is 6.04. The van der Waals surface area contributed by atoms with E-state index in [0.717, 1.165) is 37.9 Å². The molecule has 8 rings (SSSR count). The summed E-state index contributed by atoms with van der Waals surface area (Å²) < 4.78 is 32.6. The molecular formula is C31H35FN8O4. The summed E-state index contributed by atoms with van der Waals surface area (Å²) in [7, 11) is 3.40. The van der Waals surface area contributed by atoms with Gasteiger partial charge in [-0.3, -0.25) is 19.8 Å². The Morgan fingerprint density at radius 3 is 2.75 bits per heavy atom. The number of aryl methyl sites for hydroxylation is 2. The van der Waals surface area contributed by atoms with Crippen molar-refractivity contribution in [3.63, 3.8) is 0 Å². The Balaban J connectivity index is 1.31. The van der Waals surface area contributed by atoms with E-state index in [1.807, 2.05) is 11.0 Å². The number of aromatic nitrogens is 5. The third-order valence-electron chi connectivity index (χ3n) is 9.76. The first-order valence-electron chi connectivity index (χ1n) is 15.2. The Kier molecular flexibility index (Phi) is 6.31. The first-order valence-corrected chi connectivity index (χ1v) is 15.2. The Labute approximate surface area is 253 Å². The van der Waals surface area contributed by atoms with Crippen molar-refractivity contribution in [1.82, 2.24) is 28.8 Å². The molecule has 44 heavy (non-hydrogen) atoms. The number of halogens is 1. The molecule has 1 N–H and O–H groups in total. The van der Waals surface area contributed by atoms with Crippen LogP contribution in [0, 0.1) is 11.7 Å². The lowest BCUT2D eigenvalue weighted by molar-refractivity contribution is 0.0902. The number of piperidine rings is 1. The SMILES string of the molecule is Cn1ncc2c1OCCN1CC3CCC(C3)(C1)n1c(nc3cc(F)c(N4CCOCC4)cc31)NC(=O)c1cc-2c(=O)n(C)c1. The van der Waals surface area contributed by atoms with E-state index < -0.39 is 5.91 Å². The molecule has 1 amide bonds. The van der Waals surface area contributed by atoms with Crippen LogP contribution >= 0.6 is 0 Å². The highest BCUT2D eigenvalue weighted by Gasteiger charge is 2.48. The Morgan fingerprint density at radius 1 is 1.07 bits per heavy atom. The molecule has 3 aromatic heterocycles. The normalized spacial score (nSPS) is 25.1. The van der Waals surface area contributed by atoms with Crippen molar-refractivity contribution in [3.8, 4) is 17.0 Å². The zero-order valence-corrected chi connectivity index (χ0v) is 24.9. The Bertz CT molecular complexity index is 1860. The van der Waals surface area contributed by atoms with Crippen LogP contribution in [-0.2, 0) is 24.4 Å². The van der Waals surface area contributed by atoms with Gasteiger partial charge in [0, 0.05) is 59.1 Å². The van der Waals surface area contributed by atoms with E-state index in [1.165, 1.54) is 16.8 Å². The van der Waals surface area contributed by atoms with Crippen LogP contribution in [0.2, 0.25) is 0 Å². The highest BCUT2D eigenvalue weighted by atomic mass is 19.1. The third-order valence-corrected chi connectivity index (χ3v) is 9.76. The van der Waals surface area contributed by atoms with Crippen molar-refractivity contribution in [2.24, 2.45) is 20.0 Å². The van der Waals surface area contributed by atoms with Gasteiger partial charge in [0.05, 0.1) is 58.4 Å². The highest BCUT2D eigenvalue weighted by molar-refractivity contribution is 6.04. The average molecular weight is 603 g/mol. The molecular weight excluding hydrogens is 567 g/mol. The molecule has 12 nitrogen and oxygen atoms in total. The topological polar surface area (TPSA) is 112 Å². The molecule has 1 aliphatic carbocycles. The average Bonchev–Trinajstić information content (AvgIpc) is 3.66. The number of hydrogen-bond acceptors (Lipinski definition) is 8. The second-order valence-corrected chi connectivity index (χ2v) is 12.6. The number of nitrogens with zero attached hydrogens (tertiary/aromatic N) is 7. The summed E-state index contributed by atoms with van der Waals surface area (Å²) in [4.78, 5) is 36.5. The van der Waals surface area contributed by atoms with Gasteiger partial charge in [0.25, 0.3) is 11.5 Å². The van der Waals surface area contributed by atoms with E-state index in [-0.39, 0.29) is 22.5 Å². The van der Waals surface area contributed by atoms with Gasteiger partial charge in [0.15, 0.2) is 0 Å². The molecule has 3 unspecified atom stereocenters. The standard InChI is InChI=1S/C31H35FN8O4/c1-36-17-20-11-21(28(36)42)22-15-33-37(2)29(22)44-10-5-38-16-19-3-4-31(14-19,18-38)40-26-13-25(39-6-8-43-9-7-39)23(32)12-24(26)34-30(40)35-27(20)41/h11-13,15,17,19H,3-10,14,16,18H2,1-2H3,(H,34,35,41). The van der Waals surface area contributed by atoms with Crippen molar-refractivity contribution >= 4 is 28.6 Å². The lowest BCUT2D eigenvalue weighted by Gasteiger charge is -2.42. The van der Waals surface area contributed by atoms with E-state index in [2.05, 4.69) is 19.9 Å². The number of morpholine rings is 1. The van der Waals surface area contributed by atoms with E-state index in [9.17, 15) is 9.59 Å². The van der Waals surface area contributed by atoms with Gasteiger partial charge in [-0.1, -0.05) is 0 Å². The lowest BCUT2D eigenvalue weighted by atomic mass is 9.90. The van der Waals surface area contributed by atoms with Crippen LogP contribution in [0.4, 0.5) is 16.0 Å². The molecule has 5 bridgehead atoms. The maximum absolute atomic E-state index is 15.6. The van der Waals surface area contributed by atoms with Crippen LogP contribution in [0.3, 0.4) is 0 Å². The third kappa shape index (κ3) is 4.32. The number of pyridine rings is 1. The molecule has 4 aliphatic rings. The predicted molar refractivity (Wildman–Crippen MR) is 162 cm³/mol. The molecule has 1 spiro atoms. The van der Waals surface area contributed by atoms with E-state index in [1.54, 1.807) is 31.0 Å². The fourth-order valence-corrected chi connectivity index (χ4v) is 7.76. The number of carbonyl (C=O) groups excluding carboxylic acids is 1. The van der Waals surface area contributed by atoms with Gasteiger partial charge >= 0.3 is 0 Å². The summed E-state index contributed by atoms with van der Waals surface area (Å²) in [6, 6.07) is 4.96. The van der Waals surface area contributed by atoms with Crippen LogP contribution in [0.25, 0.3) is 22.2 Å². The van der Waals surface area contributed by atoms with Crippen molar-refractivity contribution in [2.75, 3.05) is 62.8 Å². The first kappa shape index (κ1) is 27.3. The van der Waals surface area contributed by atoms with Crippen LogP contribution in [0.5, 0.6) is 5.88 Å². The second-order valence-electron chi connectivity index (χ2n) is 12.6. The Hall–Kier alpha value is -4.23. The molecule has 3 aliphatic heterocycles. The summed E-state index contributed by atoms with van der Waals surface area (Å²) in [6.45, 7) is 5.09. The number of ether oxygens (including phenoxy) is 2. The molecule has 3 fully saturated rings. The maximum atomic E-state index is 15.6. The monoisotopic (exact) mass is 602 g/mol. The van der Waals surface area contributed by atoms with Crippen LogP contribution < -0.4 is 20.5 Å². The van der Waals surface area contributed by atoms with Crippen LogP contribution in [0.15, 0.2) is 35.4 Å². The number of rotatable bonds is 1. The molecule has 6 heterocycles. The van der Waals surface area contributed by atoms with E-state index >= 15 is 4.39 Å². The van der Waals surface area contributed by atoms with E-state index in [4.69, 9.17) is 14.5 Å². The van der Waals surface area contributed by atoms with Crippen LogP contribution in [0.1, 0.15) is 29.6 Å². The van der Waals surface area contributed by atoms with Gasteiger partial charge < -0.3 is 23.5 Å². The maximum Gasteiger partial charge on any atom is 0.259 e. The van der Waals surface area contributed by atoms with Crippen molar-refractivity contribution in [3.05, 3.63) is 52.3 Å². The van der Waals surface area contributed by atoms with Crippen molar-refractivity contribution in [1.29, 1.82) is 0 Å². The number of fused-ring (bicyclic) bond motifs is 9. The number of nitrogens with one attached hydrogen (secondary N) is 1. The number of anilines is 2. The van der Waals surface area contributed by atoms with Gasteiger partial charge in [-0.05, 0) is 37.3 Å². The molecule has 1 aromatic carbocycles. The van der Waals surface area contributed by atoms with Crippen molar-refractivity contribution in [2.45, 2.75) is 24.8 Å². The minimum atomic E-state index is -0.410. The van der Waals surface area contributed by atoms with Gasteiger partial charge in [0.1, 0.15) is 12.4 Å². The quantitative estimate of drug-likeness (QED) is 0.354. The number of imidazole rings is 1.